The minimum absolute atomic E-state index is 0.559. The number of hydrogen-bond acceptors (Lipinski definition) is 7. The Labute approximate surface area is 364 Å². The van der Waals surface area contributed by atoms with Gasteiger partial charge in [0.05, 0.1) is 11.0 Å². The van der Waals surface area contributed by atoms with E-state index in [1.165, 1.54) is 5.56 Å². The fourth-order valence-corrected chi connectivity index (χ4v) is 10.1. The summed E-state index contributed by atoms with van der Waals surface area (Å²) in [5.74, 6) is 2.41. The van der Waals surface area contributed by atoms with Crippen LogP contribution in [0.5, 0.6) is 0 Å². The van der Waals surface area contributed by atoms with Crippen LogP contribution in [0.25, 0.3) is 127 Å². The van der Waals surface area contributed by atoms with Crippen molar-refractivity contribution in [3.05, 3.63) is 194 Å². The maximum absolute atomic E-state index is 6.41. The first kappa shape index (κ1) is 35.4. The van der Waals surface area contributed by atoms with Crippen LogP contribution in [0.4, 0.5) is 0 Å². The molecule has 5 aromatic heterocycles. The number of fused-ring (bicyclic) bond motifs is 9. The molecule has 0 fully saturated rings. The van der Waals surface area contributed by atoms with E-state index in [4.69, 9.17) is 29.3 Å². The third-order valence-electron chi connectivity index (χ3n) is 11.9. The summed E-state index contributed by atoms with van der Waals surface area (Å²) >= 11 is 1.74. The second-order valence-corrected chi connectivity index (χ2v) is 16.7. The topological polar surface area (TPSA) is 82.5 Å². The second kappa shape index (κ2) is 14.1. The van der Waals surface area contributed by atoms with E-state index in [0.717, 1.165) is 92.0 Å². The molecule has 63 heavy (non-hydrogen) atoms. The molecule has 13 aromatic rings. The van der Waals surface area contributed by atoms with Crippen molar-refractivity contribution in [1.29, 1.82) is 0 Å². The molecule has 7 nitrogen and oxygen atoms in total. The van der Waals surface area contributed by atoms with Crippen LogP contribution in [-0.2, 0) is 0 Å². The Morgan fingerprint density at radius 2 is 1.03 bits per heavy atom. The molecule has 0 N–H and O–H groups in total. The molecule has 0 saturated carbocycles. The molecule has 8 aromatic carbocycles. The fourth-order valence-electron chi connectivity index (χ4n) is 8.93. The average Bonchev–Trinajstić information content (AvgIpc) is 4.03. The van der Waals surface area contributed by atoms with E-state index in [1.54, 1.807) is 11.3 Å². The fraction of sp³-hybridized carbons (Fsp3) is 0. The molecule has 0 aliphatic carbocycles. The Bertz CT molecular complexity index is 3910. The van der Waals surface area contributed by atoms with Crippen molar-refractivity contribution in [1.82, 2.24) is 29.5 Å². The highest BCUT2D eigenvalue weighted by Crippen LogP contribution is 2.43. The highest BCUT2D eigenvalue weighted by molar-refractivity contribution is 7.26. The molecule has 0 saturated heterocycles. The minimum atomic E-state index is 0.559. The van der Waals surface area contributed by atoms with Crippen molar-refractivity contribution in [2.45, 2.75) is 0 Å². The average molecular weight is 825 g/mol. The number of thiophene rings is 1. The molecule has 0 aliphatic heterocycles. The van der Waals surface area contributed by atoms with Gasteiger partial charge in [-0.05, 0) is 65.7 Å². The monoisotopic (exact) mass is 824 g/mol. The Kier molecular flexibility index (Phi) is 7.94. The standard InChI is InChI=1S/C55H32N6OS/c1-4-15-33(16-5-1)36-27-29-45-42(31-36)38-21-10-12-25-44(38)61(45)55-59-52(35-19-8-3-9-20-35)58-53(60-55)37-28-30-47-43(32-37)39-23-14-24-41(51(39)63-47)54-56-48(34-17-6-2-7-18-34)50-49(57-54)40-22-11-13-26-46(40)62-50/h1-32H. The molecule has 0 bridgehead atoms. The first-order chi connectivity index (χ1) is 31.2. The van der Waals surface area contributed by atoms with Gasteiger partial charge in [0.1, 0.15) is 16.8 Å². The van der Waals surface area contributed by atoms with Crippen LogP contribution in [0.15, 0.2) is 199 Å². The van der Waals surface area contributed by atoms with Crippen LogP contribution >= 0.6 is 11.3 Å². The molecule has 13 rings (SSSR count). The van der Waals surface area contributed by atoms with Crippen molar-refractivity contribution in [3.8, 4) is 62.5 Å². The first-order valence-corrected chi connectivity index (χ1v) is 21.6. The van der Waals surface area contributed by atoms with Gasteiger partial charge in [-0.3, -0.25) is 4.57 Å². The Morgan fingerprint density at radius 1 is 0.397 bits per heavy atom. The molecule has 0 unspecified atom stereocenters. The molecule has 8 heteroatoms. The molecular weight excluding hydrogens is 793 g/mol. The van der Waals surface area contributed by atoms with Crippen LogP contribution in [0.2, 0.25) is 0 Å². The maximum atomic E-state index is 6.41. The largest absolute Gasteiger partial charge is 0.452 e. The van der Waals surface area contributed by atoms with Crippen LogP contribution < -0.4 is 0 Å². The molecule has 0 amide bonds. The third-order valence-corrected chi connectivity index (χ3v) is 13.1. The molecule has 0 spiro atoms. The van der Waals surface area contributed by atoms with E-state index >= 15 is 0 Å². The SMILES string of the molecule is c1ccc(-c2ccc3c(c2)c2ccccc2n3-c2nc(-c3ccccc3)nc(-c3ccc4sc5c(-c6nc(-c7ccccc7)c7oc8ccccc8c7n6)cccc5c4c3)n2)cc1. The van der Waals surface area contributed by atoms with Gasteiger partial charge in [0.2, 0.25) is 5.95 Å². The van der Waals surface area contributed by atoms with Gasteiger partial charge in [0, 0.05) is 58.6 Å². The van der Waals surface area contributed by atoms with Gasteiger partial charge in [0.15, 0.2) is 23.1 Å². The smallest absolute Gasteiger partial charge is 0.238 e. The number of nitrogens with zero attached hydrogens (tertiary/aromatic N) is 6. The van der Waals surface area contributed by atoms with Crippen LogP contribution in [-0.4, -0.2) is 29.5 Å². The van der Waals surface area contributed by atoms with E-state index in [1.807, 2.05) is 72.8 Å². The molecule has 0 atom stereocenters. The van der Waals surface area contributed by atoms with Gasteiger partial charge in [0.25, 0.3) is 0 Å². The molecule has 0 radical (unpaired) electrons. The van der Waals surface area contributed by atoms with Gasteiger partial charge >= 0.3 is 0 Å². The predicted molar refractivity (Wildman–Crippen MR) is 257 cm³/mol. The minimum Gasteiger partial charge on any atom is -0.452 e. The summed E-state index contributed by atoms with van der Waals surface area (Å²) in [7, 11) is 0. The quantitative estimate of drug-likeness (QED) is 0.166. The van der Waals surface area contributed by atoms with E-state index in [0.29, 0.717) is 29.0 Å². The molecular formula is C55H32N6OS. The van der Waals surface area contributed by atoms with Gasteiger partial charge in [-0.25, -0.2) is 15.0 Å². The van der Waals surface area contributed by atoms with Gasteiger partial charge in [-0.1, -0.05) is 140 Å². The number of aromatic nitrogens is 6. The second-order valence-electron chi connectivity index (χ2n) is 15.6. The zero-order valence-electron chi connectivity index (χ0n) is 33.5. The summed E-state index contributed by atoms with van der Waals surface area (Å²) in [5.41, 5.74) is 11.2. The highest BCUT2D eigenvalue weighted by Gasteiger charge is 2.22. The van der Waals surface area contributed by atoms with Crippen molar-refractivity contribution in [3.63, 3.8) is 0 Å². The Morgan fingerprint density at radius 3 is 1.84 bits per heavy atom. The number of benzene rings is 8. The lowest BCUT2D eigenvalue weighted by Gasteiger charge is -2.11. The summed E-state index contributed by atoms with van der Waals surface area (Å²) in [5, 5.41) is 5.46. The summed E-state index contributed by atoms with van der Waals surface area (Å²) in [6.07, 6.45) is 0. The number of furan rings is 1. The van der Waals surface area contributed by atoms with Crippen molar-refractivity contribution < 1.29 is 4.42 Å². The molecule has 294 valence electrons. The van der Waals surface area contributed by atoms with E-state index in [9.17, 15) is 0 Å². The van der Waals surface area contributed by atoms with Crippen LogP contribution in [0.1, 0.15) is 0 Å². The van der Waals surface area contributed by atoms with Gasteiger partial charge in [-0.2, -0.15) is 9.97 Å². The van der Waals surface area contributed by atoms with Crippen molar-refractivity contribution in [2.24, 2.45) is 0 Å². The maximum Gasteiger partial charge on any atom is 0.238 e. The van der Waals surface area contributed by atoms with Crippen molar-refractivity contribution in [2.75, 3.05) is 0 Å². The summed E-state index contributed by atoms with van der Waals surface area (Å²) < 4.78 is 10.8. The first-order valence-electron chi connectivity index (χ1n) is 20.8. The zero-order chi connectivity index (χ0) is 41.4. The summed E-state index contributed by atoms with van der Waals surface area (Å²) in [6.45, 7) is 0. The lowest BCUT2D eigenvalue weighted by atomic mass is 10.0. The van der Waals surface area contributed by atoms with E-state index in [-0.39, 0.29) is 0 Å². The third kappa shape index (κ3) is 5.76. The number of hydrogen-bond donors (Lipinski definition) is 0. The van der Waals surface area contributed by atoms with E-state index in [2.05, 4.69) is 126 Å². The molecule has 5 heterocycles. The Balaban J connectivity index is 0.993. The van der Waals surface area contributed by atoms with Crippen LogP contribution in [0, 0.1) is 0 Å². The summed E-state index contributed by atoms with van der Waals surface area (Å²) in [4.78, 5) is 26.1. The lowest BCUT2D eigenvalue weighted by molar-refractivity contribution is 0.667. The predicted octanol–water partition coefficient (Wildman–Crippen LogP) is 14.4. The number of para-hydroxylation sites is 2. The normalized spacial score (nSPS) is 11.8. The van der Waals surface area contributed by atoms with E-state index < -0.39 is 0 Å². The molecule has 0 aliphatic rings. The van der Waals surface area contributed by atoms with Gasteiger partial charge < -0.3 is 4.42 Å². The van der Waals surface area contributed by atoms with Gasteiger partial charge in [-0.15, -0.1) is 11.3 Å². The highest BCUT2D eigenvalue weighted by atomic mass is 32.1. The lowest BCUT2D eigenvalue weighted by Crippen LogP contribution is -2.06. The van der Waals surface area contributed by atoms with Crippen LogP contribution in [0.3, 0.4) is 0 Å². The summed E-state index contributed by atoms with van der Waals surface area (Å²) in [6, 6.07) is 66.9. The Hall–Kier alpha value is -8.33. The van der Waals surface area contributed by atoms with Crippen molar-refractivity contribution >= 4 is 75.4 Å². The number of rotatable bonds is 6. The zero-order valence-corrected chi connectivity index (χ0v) is 34.3.